The molecule has 2 rings (SSSR count). The molecule has 0 amide bonds. The third-order valence-corrected chi connectivity index (χ3v) is 5.01. The quantitative estimate of drug-likeness (QED) is 0.206. The van der Waals surface area contributed by atoms with Crippen LogP contribution >= 0.6 is 0 Å². The molecule has 5 nitrogen and oxygen atoms in total. The van der Waals surface area contributed by atoms with Gasteiger partial charge in [0.2, 0.25) is 0 Å². The fraction of sp³-hybridized carbons (Fsp3) is 0.444. The van der Waals surface area contributed by atoms with E-state index in [0.29, 0.717) is 19.8 Å². The van der Waals surface area contributed by atoms with E-state index in [9.17, 15) is 4.79 Å². The van der Waals surface area contributed by atoms with Gasteiger partial charge in [-0.25, -0.2) is 4.79 Å². The van der Waals surface area contributed by atoms with Crippen molar-refractivity contribution in [2.24, 2.45) is 0 Å². The molecule has 0 saturated heterocycles. The first-order chi connectivity index (χ1) is 15.6. The van der Waals surface area contributed by atoms with Gasteiger partial charge in [0.15, 0.2) is 0 Å². The first kappa shape index (κ1) is 25.5. The molecule has 0 unspecified atom stereocenters. The second-order valence-electron chi connectivity index (χ2n) is 7.62. The second kappa shape index (κ2) is 14.3. The highest BCUT2D eigenvalue weighted by Gasteiger charge is 2.09. The van der Waals surface area contributed by atoms with Crippen molar-refractivity contribution in [3.63, 3.8) is 0 Å². The molecular weight excluding hydrogens is 402 g/mol. The number of ether oxygens (including phenoxy) is 3. The van der Waals surface area contributed by atoms with Gasteiger partial charge in [-0.15, -0.1) is 0 Å². The Kier molecular flexibility index (Phi) is 11.4. The molecule has 2 aromatic rings. The summed E-state index contributed by atoms with van der Waals surface area (Å²) in [5.41, 5.74) is 4.24. The summed E-state index contributed by atoms with van der Waals surface area (Å²) in [6.45, 7) is 9.35. The average Bonchev–Trinajstić information content (AvgIpc) is 2.80. The molecule has 0 aliphatic heterocycles. The summed E-state index contributed by atoms with van der Waals surface area (Å²) in [4.78, 5) is 14.0. The van der Waals surface area contributed by atoms with E-state index < -0.39 is 0 Å². The lowest BCUT2D eigenvalue weighted by Gasteiger charge is -2.21. The van der Waals surface area contributed by atoms with Crippen molar-refractivity contribution in [1.82, 2.24) is 0 Å². The Morgan fingerprint density at radius 3 is 2.38 bits per heavy atom. The predicted octanol–water partition coefficient (Wildman–Crippen LogP) is 5.97. The molecule has 0 saturated carbocycles. The van der Waals surface area contributed by atoms with Crippen molar-refractivity contribution in [2.45, 2.75) is 40.0 Å². The van der Waals surface area contributed by atoms with Crippen LogP contribution in [0.1, 0.15) is 45.6 Å². The van der Waals surface area contributed by atoms with E-state index >= 15 is 0 Å². The van der Waals surface area contributed by atoms with Crippen LogP contribution in [0.15, 0.2) is 48.5 Å². The Labute approximate surface area is 193 Å². The highest BCUT2D eigenvalue weighted by molar-refractivity contribution is 5.89. The van der Waals surface area contributed by atoms with Crippen molar-refractivity contribution in [3.8, 4) is 16.9 Å². The van der Waals surface area contributed by atoms with Gasteiger partial charge in [-0.05, 0) is 66.8 Å². The molecule has 0 spiro atoms. The maximum atomic E-state index is 11.8. The third kappa shape index (κ3) is 8.39. The molecule has 0 aliphatic rings. The second-order valence-corrected chi connectivity index (χ2v) is 7.62. The van der Waals surface area contributed by atoms with Crippen LogP contribution in [-0.4, -0.2) is 46.0 Å². The third-order valence-electron chi connectivity index (χ3n) is 5.01. The van der Waals surface area contributed by atoms with Crippen LogP contribution in [0, 0.1) is 0 Å². The largest absolute Gasteiger partial charge is 0.491 e. The van der Waals surface area contributed by atoms with Gasteiger partial charge in [0.1, 0.15) is 12.4 Å². The van der Waals surface area contributed by atoms with Gasteiger partial charge < -0.3 is 19.1 Å². The van der Waals surface area contributed by atoms with Crippen molar-refractivity contribution in [2.75, 3.05) is 44.9 Å². The van der Waals surface area contributed by atoms with E-state index in [4.69, 9.17) is 14.2 Å². The number of carbonyl (C=O) groups is 1. The summed E-state index contributed by atoms with van der Waals surface area (Å²) < 4.78 is 16.3. The molecule has 5 heteroatoms. The maximum absolute atomic E-state index is 11.8. The normalized spacial score (nSPS) is 11.0. The van der Waals surface area contributed by atoms with Crippen LogP contribution in [0.25, 0.3) is 17.2 Å². The van der Waals surface area contributed by atoms with Gasteiger partial charge in [0.05, 0.1) is 13.2 Å². The Balaban J connectivity index is 2.12. The SMILES string of the molecule is CCCCOCCOc1ccc(-c2ccc(N(C)CCC)c(C=CC(=O)OCC)c2)cc1. The van der Waals surface area contributed by atoms with Crippen LogP contribution in [0.5, 0.6) is 5.75 Å². The molecule has 32 heavy (non-hydrogen) atoms. The highest BCUT2D eigenvalue weighted by Crippen LogP contribution is 2.29. The van der Waals surface area contributed by atoms with Gasteiger partial charge in [-0.2, -0.15) is 0 Å². The fourth-order valence-corrected chi connectivity index (χ4v) is 3.33. The molecule has 0 fully saturated rings. The maximum Gasteiger partial charge on any atom is 0.330 e. The Bertz CT molecular complexity index is 845. The Morgan fingerprint density at radius 1 is 0.938 bits per heavy atom. The summed E-state index contributed by atoms with van der Waals surface area (Å²) in [6.07, 6.45) is 6.59. The summed E-state index contributed by atoms with van der Waals surface area (Å²) in [5, 5.41) is 0. The number of nitrogens with zero attached hydrogens (tertiary/aromatic N) is 1. The van der Waals surface area contributed by atoms with Crippen molar-refractivity contribution < 1.29 is 19.0 Å². The standard InChI is InChI=1S/C27H37NO4/c1-5-8-18-30-19-20-32-25-13-9-22(10-14-25)23-11-15-26(28(4)17-6-2)24(21-23)12-16-27(29)31-7-3/h9-16,21H,5-8,17-20H2,1-4H3. The van der Waals surface area contributed by atoms with Crippen LogP contribution in [0.2, 0.25) is 0 Å². The molecule has 0 bridgehead atoms. The number of rotatable bonds is 14. The van der Waals surface area contributed by atoms with Crippen molar-refractivity contribution in [3.05, 3.63) is 54.1 Å². The van der Waals surface area contributed by atoms with Gasteiger partial charge in [-0.3, -0.25) is 0 Å². The van der Waals surface area contributed by atoms with Crippen LogP contribution in [-0.2, 0) is 14.3 Å². The molecule has 2 aromatic carbocycles. The number of esters is 1. The smallest absolute Gasteiger partial charge is 0.330 e. The first-order valence-electron chi connectivity index (χ1n) is 11.6. The fourth-order valence-electron chi connectivity index (χ4n) is 3.33. The molecule has 0 atom stereocenters. The van der Waals surface area contributed by atoms with E-state index in [0.717, 1.165) is 60.5 Å². The highest BCUT2D eigenvalue weighted by atomic mass is 16.5. The number of carbonyl (C=O) groups excluding carboxylic acids is 1. The molecule has 0 heterocycles. The van der Waals surface area contributed by atoms with Crippen molar-refractivity contribution >= 4 is 17.7 Å². The monoisotopic (exact) mass is 439 g/mol. The van der Waals surface area contributed by atoms with Gasteiger partial charge in [0, 0.05) is 32.0 Å². The Morgan fingerprint density at radius 2 is 1.69 bits per heavy atom. The van der Waals surface area contributed by atoms with Gasteiger partial charge in [-0.1, -0.05) is 38.5 Å². The number of anilines is 1. The lowest BCUT2D eigenvalue weighted by molar-refractivity contribution is -0.137. The summed E-state index contributed by atoms with van der Waals surface area (Å²) in [6, 6.07) is 14.4. The lowest BCUT2D eigenvalue weighted by Crippen LogP contribution is -2.18. The zero-order valence-electron chi connectivity index (χ0n) is 19.9. The van der Waals surface area contributed by atoms with Gasteiger partial charge in [0.25, 0.3) is 0 Å². The number of unbranched alkanes of at least 4 members (excludes halogenated alkanes) is 1. The molecule has 0 aromatic heterocycles. The van der Waals surface area contributed by atoms with E-state index in [1.54, 1.807) is 6.92 Å². The number of hydrogen-bond acceptors (Lipinski definition) is 5. The lowest BCUT2D eigenvalue weighted by atomic mass is 10.0. The molecule has 0 radical (unpaired) electrons. The summed E-state index contributed by atoms with van der Waals surface area (Å²) in [5.74, 6) is 0.497. The van der Waals surface area contributed by atoms with E-state index in [1.807, 2.05) is 18.2 Å². The van der Waals surface area contributed by atoms with Crippen LogP contribution in [0.3, 0.4) is 0 Å². The molecule has 174 valence electrons. The average molecular weight is 440 g/mol. The number of hydrogen-bond donors (Lipinski definition) is 0. The zero-order valence-corrected chi connectivity index (χ0v) is 19.9. The van der Waals surface area contributed by atoms with E-state index in [2.05, 4.69) is 56.1 Å². The van der Waals surface area contributed by atoms with Crippen LogP contribution < -0.4 is 9.64 Å². The minimum Gasteiger partial charge on any atom is -0.491 e. The molecule has 0 N–H and O–H groups in total. The number of benzene rings is 2. The minimum atomic E-state index is -0.331. The van der Waals surface area contributed by atoms with E-state index in [1.165, 1.54) is 6.08 Å². The van der Waals surface area contributed by atoms with E-state index in [-0.39, 0.29) is 5.97 Å². The predicted molar refractivity (Wildman–Crippen MR) is 132 cm³/mol. The van der Waals surface area contributed by atoms with Crippen LogP contribution in [0.4, 0.5) is 5.69 Å². The molecule has 0 aliphatic carbocycles. The van der Waals surface area contributed by atoms with Gasteiger partial charge >= 0.3 is 5.97 Å². The summed E-state index contributed by atoms with van der Waals surface area (Å²) >= 11 is 0. The summed E-state index contributed by atoms with van der Waals surface area (Å²) in [7, 11) is 2.07. The topological polar surface area (TPSA) is 48.0 Å². The first-order valence-corrected chi connectivity index (χ1v) is 11.6. The minimum absolute atomic E-state index is 0.331. The van der Waals surface area contributed by atoms with Crippen molar-refractivity contribution in [1.29, 1.82) is 0 Å². The molecular formula is C27H37NO4. The zero-order chi connectivity index (χ0) is 23.2. The Hall–Kier alpha value is -2.79.